The van der Waals surface area contributed by atoms with E-state index in [9.17, 15) is 9.59 Å². The van der Waals surface area contributed by atoms with Crippen LogP contribution in [0.25, 0.3) is 0 Å². The van der Waals surface area contributed by atoms with Crippen LogP contribution in [0.5, 0.6) is 0 Å². The second kappa shape index (κ2) is 6.03. The van der Waals surface area contributed by atoms with E-state index >= 15 is 0 Å². The second-order valence-electron chi connectivity index (χ2n) is 2.77. The van der Waals surface area contributed by atoms with E-state index in [0.29, 0.717) is 10.8 Å². The Morgan fingerprint density at radius 2 is 2.31 bits per heavy atom. The molecule has 0 atom stereocenters. The first-order valence-electron chi connectivity index (χ1n) is 4.24. The predicted molar refractivity (Wildman–Crippen MR) is 67.5 cm³/mol. The largest absolute Gasteiger partial charge is 0.480 e. The number of carboxylic acids is 1. The van der Waals surface area contributed by atoms with Crippen molar-refractivity contribution < 1.29 is 14.7 Å². The number of aliphatic carboxylic acids is 1. The summed E-state index contributed by atoms with van der Waals surface area (Å²) in [5.74, 6) is -1.11. The standard InChI is InChI=1S/C9H8ClNO3S2/c10-4-2-1-3-6-8(14)11(5-7(12)13)9(15)16-6/h1-3H,4-5H2,(H,12,13)/b2-1+,6-3-. The molecule has 7 heteroatoms. The molecule has 0 aromatic carbocycles. The van der Waals surface area contributed by atoms with E-state index in [-0.39, 0.29) is 10.2 Å². The number of rotatable bonds is 4. The molecule has 0 aromatic heterocycles. The van der Waals surface area contributed by atoms with Crippen LogP contribution in [-0.2, 0) is 9.59 Å². The molecule has 0 aromatic rings. The zero-order chi connectivity index (χ0) is 12.1. The molecule has 86 valence electrons. The van der Waals surface area contributed by atoms with E-state index in [1.165, 1.54) is 0 Å². The summed E-state index contributed by atoms with van der Waals surface area (Å²) in [6.45, 7) is -0.402. The molecule has 1 aliphatic rings. The van der Waals surface area contributed by atoms with E-state index in [2.05, 4.69) is 0 Å². The summed E-state index contributed by atoms with van der Waals surface area (Å²) < 4.78 is 0.262. The number of allylic oxidation sites excluding steroid dienone is 3. The molecule has 0 saturated carbocycles. The number of thioether (sulfide) groups is 1. The van der Waals surface area contributed by atoms with Gasteiger partial charge in [0.1, 0.15) is 10.9 Å². The fourth-order valence-electron chi connectivity index (χ4n) is 0.993. The molecule has 0 radical (unpaired) electrons. The molecule has 0 unspecified atom stereocenters. The maximum Gasteiger partial charge on any atom is 0.323 e. The van der Waals surface area contributed by atoms with Crippen LogP contribution in [0.1, 0.15) is 0 Å². The van der Waals surface area contributed by atoms with Crippen molar-refractivity contribution in [2.75, 3.05) is 12.4 Å². The molecule has 0 bridgehead atoms. The van der Waals surface area contributed by atoms with Crippen LogP contribution < -0.4 is 0 Å². The third-order valence-corrected chi connectivity index (χ3v) is 3.21. The first-order valence-corrected chi connectivity index (χ1v) is 6.00. The molecule has 4 nitrogen and oxygen atoms in total. The maximum absolute atomic E-state index is 11.7. The molecule has 0 aliphatic carbocycles. The Kier molecular flexibility index (Phi) is 4.98. The highest BCUT2D eigenvalue weighted by atomic mass is 35.5. The van der Waals surface area contributed by atoms with Gasteiger partial charge in [0.25, 0.3) is 5.91 Å². The third kappa shape index (κ3) is 3.33. The fraction of sp³-hybridized carbons (Fsp3) is 0.222. The number of halogens is 1. The van der Waals surface area contributed by atoms with Crippen LogP contribution in [0.3, 0.4) is 0 Å². The smallest absolute Gasteiger partial charge is 0.323 e. The van der Waals surface area contributed by atoms with E-state index in [0.717, 1.165) is 16.7 Å². The lowest BCUT2D eigenvalue weighted by atomic mass is 10.4. The number of carbonyl (C=O) groups excluding carboxylic acids is 1. The molecule has 0 spiro atoms. The van der Waals surface area contributed by atoms with Gasteiger partial charge >= 0.3 is 5.97 Å². The molecular weight excluding hydrogens is 270 g/mol. The summed E-state index contributed by atoms with van der Waals surface area (Å²) in [6.07, 6.45) is 4.88. The SMILES string of the molecule is O=C(O)CN1C(=O)/C(=C/C=C/CCl)SC1=S. The number of amides is 1. The van der Waals surface area contributed by atoms with Gasteiger partial charge in [0.2, 0.25) is 0 Å². The molecule has 1 aliphatic heterocycles. The number of thiocarbonyl (C=S) groups is 1. The highest BCUT2D eigenvalue weighted by Gasteiger charge is 2.32. The van der Waals surface area contributed by atoms with Gasteiger partial charge in [-0.2, -0.15) is 0 Å². The van der Waals surface area contributed by atoms with Gasteiger partial charge in [-0.15, -0.1) is 11.6 Å². The molecule has 1 saturated heterocycles. The Labute approximate surface area is 107 Å². The molecule has 1 heterocycles. The number of carboxylic acid groups (broad SMARTS) is 1. The van der Waals surface area contributed by atoms with Crippen LogP contribution in [-0.4, -0.2) is 38.6 Å². The van der Waals surface area contributed by atoms with Gasteiger partial charge in [0.05, 0.1) is 4.91 Å². The fourth-order valence-corrected chi connectivity index (χ4v) is 2.30. The molecule has 1 rings (SSSR count). The van der Waals surface area contributed by atoms with Gasteiger partial charge in [-0.3, -0.25) is 14.5 Å². The van der Waals surface area contributed by atoms with Crippen LogP contribution in [0, 0.1) is 0 Å². The van der Waals surface area contributed by atoms with E-state index < -0.39 is 12.5 Å². The summed E-state index contributed by atoms with van der Waals surface area (Å²) in [4.78, 5) is 23.6. The quantitative estimate of drug-likeness (QED) is 0.481. The first-order chi connectivity index (χ1) is 7.56. The van der Waals surface area contributed by atoms with E-state index in [4.69, 9.17) is 28.9 Å². The normalized spacial score (nSPS) is 19.1. The highest BCUT2D eigenvalue weighted by molar-refractivity contribution is 8.26. The molecule has 1 amide bonds. The van der Waals surface area contributed by atoms with Crippen molar-refractivity contribution >= 4 is 51.8 Å². The van der Waals surface area contributed by atoms with Crippen LogP contribution in [0.2, 0.25) is 0 Å². The van der Waals surface area contributed by atoms with Crippen molar-refractivity contribution in [3.8, 4) is 0 Å². The molecule has 1 fully saturated rings. The zero-order valence-corrected chi connectivity index (χ0v) is 10.4. The lowest BCUT2D eigenvalue weighted by molar-refractivity contribution is -0.140. The van der Waals surface area contributed by atoms with Crippen molar-refractivity contribution in [3.63, 3.8) is 0 Å². The monoisotopic (exact) mass is 277 g/mol. The van der Waals surface area contributed by atoms with Crippen LogP contribution >= 0.6 is 35.6 Å². The van der Waals surface area contributed by atoms with Crippen molar-refractivity contribution in [2.24, 2.45) is 0 Å². The minimum absolute atomic E-state index is 0.262. The predicted octanol–water partition coefficient (Wildman–Crippen LogP) is 1.61. The number of hydrogen-bond acceptors (Lipinski definition) is 4. The topological polar surface area (TPSA) is 57.6 Å². The Bertz CT molecular complexity index is 392. The van der Waals surface area contributed by atoms with Gasteiger partial charge in [0.15, 0.2) is 0 Å². The number of hydrogen-bond donors (Lipinski definition) is 1. The Balaban J connectivity index is 2.77. The van der Waals surface area contributed by atoms with Crippen LogP contribution in [0.15, 0.2) is 23.1 Å². The lowest BCUT2D eigenvalue weighted by Crippen LogP contribution is -2.33. The molecule has 1 N–H and O–H groups in total. The Morgan fingerprint density at radius 3 is 2.88 bits per heavy atom. The zero-order valence-electron chi connectivity index (χ0n) is 8.05. The summed E-state index contributed by atoms with van der Waals surface area (Å²) in [7, 11) is 0. The average molecular weight is 278 g/mol. The average Bonchev–Trinajstić information content (AvgIpc) is 2.46. The van der Waals surface area contributed by atoms with Crippen molar-refractivity contribution in [1.29, 1.82) is 0 Å². The summed E-state index contributed by atoms with van der Waals surface area (Å²) in [5, 5.41) is 8.60. The Morgan fingerprint density at radius 1 is 1.62 bits per heavy atom. The van der Waals surface area contributed by atoms with E-state index in [1.54, 1.807) is 18.2 Å². The van der Waals surface area contributed by atoms with Gasteiger partial charge in [-0.25, -0.2) is 0 Å². The van der Waals surface area contributed by atoms with Crippen LogP contribution in [0.4, 0.5) is 0 Å². The summed E-state index contributed by atoms with van der Waals surface area (Å²) in [6, 6.07) is 0. The van der Waals surface area contributed by atoms with Gasteiger partial charge in [-0.05, 0) is 6.08 Å². The van der Waals surface area contributed by atoms with Gasteiger partial charge in [-0.1, -0.05) is 36.1 Å². The summed E-state index contributed by atoms with van der Waals surface area (Å²) in [5.41, 5.74) is 0. The lowest BCUT2D eigenvalue weighted by Gasteiger charge is -2.09. The highest BCUT2D eigenvalue weighted by Crippen LogP contribution is 2.30. The molecular formula is C9H8ClNO3S2. The number of alkyl halides is 1. The number of nitrogens with zero attached hydrogens (tertiary/aromatic N) is 1. The van der Waals surface area contributed by atoms with Gasteiger partial charge in [0, 0.05) is 5.88 Å². The Hall–Kier alpha value is -0.850. The van der Waals surface area contributed by atoms with Crippen molar-refractivity contribution in [3.05, 3.63) is 23.1 Å². The minimum Gasteiger partial charge on any atom is -0.480 e. The van der Waals surface area contributed by atoms with E-state index in [1.807, 2.05) is 0 Å². The summed E-state index contributed by atoms with van der Waals surface area (Å²) >= 11 is 11.4. The number of carbonyl (C=O) groups is 2. The molecule has 16 heavy (non-hydrogen) atoms. The minimum atomic E-state index is -1.09. The third-order valence-electron chi connectivity index (χ3n) is 1.64. The maximum atomic E-state index is 11.7. The van der Waals surface area contributed by atoms with Gasteiger partial charge < -0.3 is 5.11 Å². The second-order valence-corrected chi connectivity index (χ2v) is 4.75. The first kappa shape index (κ1) is 13.2. The van der Waals surface area contributed by atoms with Crippen molar-refractivity contribution in [2.45, 2.75) is 0 Å². The van der Waals surface area contributed by atoms with Crippen molar-refractivity contribution in [1.82, 2.24) is 4.90 Å².